The lowest BCUT2D eigenvalue weighted by molar-refractivity contribution is -0.139. The molecule has 72 valence electrons. The Hall–Kier alpha value is -1.97. The third kappa shape index (κ3) is 1.85. The van der Waals surface area contributed by atoms with Crippen LogP contribution in [-0.2, 0) is 14.4 Å². The van der Waals surface area contributed by atoms with E-state index in [0.717, 1.165) is 24.3 Å². The Kier molecular flexibility index (Phi) is 2.76. The third-order valence-electron chi connectivity index (χ3n) is 1.82. The van der Waals surface area contributed by atoms with E-state index in [1.54, 1.807) is 0 Å². The molecule has 1 N–H and O–H groups in total. The molecule has 1 aliphatic carbocycles. The summed E-state index contributed by atoms with van der Waals surface area (Å²) in [5, 5.41) is 8.73. The van der Waals surface area contributed by atoms with Crippen molar-refractivity contribution in [3.05, 3.63) is 36.5 Å². The monoisotopic (exact) mass is 192 g/mol. The highest BCUT2D eigenvalue weighted by molar-refractivity contribution is 6.19. The summed E-state index contributed by atoms with van der Waals surface area (Å²) in [6.07, 6.45) is 4.33. The van der Waals surface area contributed by atoms with Crippen molar-refractivity contribution < 1.29 is 19.5 Å². The average molecular weight is 192 g/mol. The van der Waals surface area contributed by atoms with Gasteiger partial charge in [-0.2, -0.15) is 0 Å². The molecule has 0 bridgehead atoms. The van der Waals surface area contributed by atoms with Gasteiger partial charge in [-0.05, 0) is 18.2 Å². The number of allylic oxidation sites excluding steroid dienone is 3. The molecule has 4 heteroatoms. The molecule has 1 atom stereocenters. The van der Waals surface area contributed by atoms with Gasteiger partial charge in [0.15, 0.2) is 11.6 Å². The van der Waals surface area contributed by atoms with E-state index in [1.165, 1.54) is 0 Å². The number of rotatable bonds is 3. The van der Waals surface area contributed by atoms with Crippen LogP contribution in [0.25, 0.3) is 0 Å². The van der Waals surface area contributed by atoms with Crippen LogP contribution >= 0.6 is 0 Å². The highest BCUT2D eigenvalue weighted by Crippen LogP contribution is 2.17. The van der Waals surface area contributed by atoms with Gasteiger partial charge < -0.3 is 5.11 Å². The molecular weight excluding hydrogens is 184 g/mol. The molecule has 0 spiro atoms. The predicted molar refractivity (Wildman–Crippen MR) is 48.6 cm³/mol. The summed E-state index contributed by atoms with van der Waals surface area (Å²) in [6.45, 7) is 3.31. The van der Waals surface area contributed by atoms with Crippen LogP contribution in [0.1, 0.15) is 0 Å². The van der Waals surface area contributed by atoms with Gasteiger partial charge in [0.2, 0.25) is 0 Å². The van der Waals surface area contributed by atoms with Crippen molar-refractivity contribution in [1.29, 1.82) is 0 Å². The Morgan fingerprint density at radius 2 is 2.07 bits per heavy atom. The molecule has 0 saturated carbocycles. The maximum atomic E-state index is 11.2. The molecule has 1 rings (SSSR count). The first-order valence-corrected chi connectivity index (χ1v) is 3.89. The average Bonchev–Trinajstić information content (AvgIpc) is 2.11. The van der Waals surface area contributed by atoms with E-state index >= 15 is 0 Å². The van der Waals surface area contributed by atoms with Crippen LogP contribution < -0.4 is 0 Å². The van der Waals surface area contributed by atoms with Gasteiger partial charge in [-0.3, -0.25) is 14.4 Å². The van der Waals surface area contributed by atoms with Gasteiger partial charge in [0, 0.05) is 5.57 Å². The first kappa shape index (κ1) is 10.1. The Labute approximate surface area is 80.2 Å². The fourth-order valence-electron chi connectivity index (χ4n) is 1.13. The normalized spacial score (nSPS) is 17.6. The van der Waals surface area contributed by atoms with E-state index in [2.05, 4.69) is 6.58 Å². The number of ketones is 2. The lowest BCUT2D eigenvalue weighted by atomic mass is 9.91. The second-order valence-corrected chi connectivity index (χ2v) is 2.75. The van der Waals surface area contributed by atoms with Crippen molar-refractivity contribution in [2.75, 3.05) is 0 Å². The summed E-state index contributed by atoms with van der Waals surface area (Å²) in [5.74, 6) is -3.15. The smallest absolute Gasteiger partial charge is 0.314 e. The first-order valence-electron chi connectivity index (χ1n) is 3.89. The minimum absolute atomic E-state index is 0.0417. The number of hydrogen-bond donors (Lipinski definition) is 1. The molecule has 0 saturated heterocycles. The molecule has 0 fully saturated rings. The number of hydrogen-bond acceptors (Lipinski definition) is 3. The topological polar surface area (TPSA) is 71.4 Å². The molecule has 0 aliphatic heterocycles. The molecule has 14 heavy (non-hydrogen) atoms. The molecule has 0 aromatic rings. The summed E-state index contributed by atoms with van der Waals surface area (Å²) < 4.78 is 0. The van der Waals surface area contributed by atoms with E-state index in [-0.39, 0.29) is 11.4 Å². The number of carbonyl (C=O) groups excluding carboxylic acids is 2. The van der Waals surface area contributed by atoms with Crippen LogP contribution in [0.3, 0.4) is 0 Å². The molecule has 0 aromatic heterocycles. The zero-order valence-corrected chi connectivity index (χ0v) is 7.27. The van der Waals surface area contributed by atoms with Crippen molar-refractivity contribution in [2.24, 2.45) is 5.92 Å². The first-order chi connectivity index (χ1) is 6.56. The van der Waals surface area contributed by atoms with Crippen LogP contribution in [0, 0.1) is 5.92 Å². The van der Waals surface area contributed by atoms with Crippen LogP contribution in [0.5, 0.6) is 0 Å². The highest BCUT2D eigenvalue weighted by atomic mass is 16.4. The Balaban J connectivity index is 3.06. The number of carboxylic acids is 1. The van der Waals surface area contributed by atoms with Crippen molar-refractivity contribution in [2.45, 2.75) is 0 Å². The molecule has 0 radical (unpaired) electrons. The Morgan fingerprint density at radius 3 is 2.57 bits per heavy atom. The van der Waals surface area contributed by atoms with Gasteiger partial charge in [0.05, 0.1) is 0 Å². The van der Waals surface area contributed by atoms with E-state index in [0.29, 0.717) is 0 Å². The highest BCUT2D eigenvalue weighted by Gasteiger charge is 2.25. The van der Waals surface area contributed by atoms with E-state index < -0.39 is 17.7 Å². The van der Waals surface area contributed by atoms with Crippen molar-refractivity contribution in [3.8, 4) is 0 Å². The molecule has 1 aliphatic rings. The second-order valence-electron chi connectivity index (χ2n) is 2.75. The number of aliphatic carboxylic acids is 1. The van der Waals surface area contributed by atoms with Gasteiger partial charge in [0.1, 0.15) is 5.92 Å². The fraction of sp³-hybridized carbons (Fsp3) is 0.100. The molecule has 0 heterocycles. The third-order valence-corrected chi connectivity index (χ3v) is 1.82. The van der Waals surface area contributed by atoms with Gasteiger partial charge in [-0.15, -0.1) is 6.58 Å². The summed E-state index contributed by atoms with van der Waals surface area (Å²) in [6, 6.07) is 0. The summed E-state index contributed by atoms with van der Waals surface area (Å²) in [4.78, 5) is 32.8. The van der Waals surface area contributed by atoms with Crippen LogP contribution in [0.2, 0.25) is 0 Å². The number of carbonyl (C=O) groups is 3. The van der Waals surface area contributed by atoms with Gasteiger partial charge in [-0.25, -0.2) is 0 Å². The van der Waals surface area contributed by atoms with Crippen molar-refractivity contribution in [1.82, 2.24) is 0 Å². The minimum atomic E-state index is -1.19. The SMILES string of the molecule is C=CC(C(=O)O)C1=CC(=O)C=CC1=O. The zero-order chi connectivity index (χ0) is 10.7. The fourth-order valence-corrected chi connectivity index (χ4v) is 1.13. The Morgan fingerprint density at radius 1 is 1.43 bits per heavy atom. The minimum Gasteiger partial charge on any atom is -0.481 e. The standard InChI is InChI=1S/C10H8O4/c1-2-7(10(13)14)8-5-6(11)3-4-9(8)12/h2-5,7H,1H2,(H,13,14). The lowest BCUT2D eigenvalue weighted by Gasteiger charge is -2.11. The molecule has 0 amide bonds. The molecule has 0 aromatic carbocycles. The van der Waals surface area contributed by atoms with Crippen molar-refractivity contribution >= 4 is 17.5 Å². The summed E-state index contributed by atoms with van der Waals surface area (Å²) in [5.41, 5.74) is -0.0417. The van der Waals surface area contributed by atoms with E-state index in [9.17, 15) is 14.4 Å². The van der Waals surface area contributed by atoms with E-state index in [1.807, 2.05) is 0 Å². The summed E-state index contributed by atoms with van der Waals surface area (Å²) >= 11 is 0. The van der Waals surface area contributed by atoms with Gasteiger partial charge >= 0.3 is 5.97 Å². The maximum Gasteiger partial charge on any atom is 0.314 e. The molecule has 4 nitrogen and oxygen atoms in total. The Bertz CT molecular complexity index is 374. The maximum absolute atomic E-state index is 11.2. The summed E-state index contributed by atoms with van der Waals surface area (Å²) in [7, 11) is 0. The lowest BCUT2D eigenvalue weighted by Crippen LogP contribution is -2.21. The number of carboxylic acid groups (broad SMARTS) is 1. The quantitative estimate of drug-likeness (QED) is 0.522. The molecular formula is C10H8O4. The van der Waals surface area contributed by atoms with Crippen LogP contribution in [0.15, 0.2) is 36.5 Å². The second kappa shape index (κ2) is 3.83. The van der Waals surface area contributed by atoms with Gasteiger partial charge in [-0.1, -0.05) is 6.08 Å². The van der Waals surface area contributed by atoms with Crippen molar-refractivity contribution in [3.63, 3.8) is 0 Å². The predicted octanol–water partition coefficient (Wildman–Crippen LogP) is 0.508. The van der Waals surface area contributed by atoms with E-state index in [4.69, 9.17) is 5.11 Å². The largest absolute Gasteiger partial charge is 0.481 e. The van der Waals surface area contributed by atoms with Crippen LogP contribution in [-0.4, -0.2) is 22.6 Å². The van der Waals surface area contributed by atoms with Crippen LogP contribution in [0.4, 0.5) is 0 Å². The van der Waals surface area contributed by atoms with Gasteiger partial charge in [0.25, 0.3) is 0 Å². The molecule has 1 unspecified atom stereocenters. The zero-order valence-electron chi connectivity index (χ0n) is 7.27.